The van der Waals surface area contributed by atoms with Crippen molar-refractivity contribution in [1.29, 1.82) is 0 Å². The Bertz CT molecular complexity index is 612. The van der Waals surface area contributed by atoms with Crippen LogP contribution in [0.1, 0.15) is 33.9 Å². The molecule has 2 aromatic rings. The van der Waals surface area contributed by atoms with Crippen LogP contribution in [0.2, 0.25) is 0 Å². The van der Waals surface area contributed by atoms with Crippen molar-refractivity contribution < 1.29 is 14.2 Å². The molecule has 0 spiro atoms. The van der Waals surface area contributed by atoms with Gasteiger partial charge in [0.25, 0.3) is 0 Å². The number of aliphatic hydroxyl groups is 1. The van der Waals surface area contributed by atoms with Crippen LogP contribution in [-0.2, 0) is 0 Å². The molecule has 0 amide bonds. The molecule has 106 valence electrons. The van der Waals surface area contributed by atoms with Gasteiger partial charge < -0.3 is 9.84 Å². The molecule has 0 aromatic heterocycles. The summed E-state index contributed by atoms with van der Waals surface area (Å²) in [6.45, 7) is 5.35. The van der Waals surface area contributed by atoms with Gasteiger partial charge in [0.05, 0.1) is 7.11 Å². The van der Waals surface area contributed by atoms with Gasteiger partial charge in [-0.3, -0.25) is 0 Å². The average molecular weight is 274 g/mol. The van der Waals surface area contributed by atoms with E-state index < -0.39 is 6.10 Å². The minimum absolute atomic E-state index is 0.220. The van der Waals surface area contributed by atoms with Gasteiger partial charge in [0.1, 0.15) is 17.7 Å². The molecule has 2 aromatic carbocycles. The Hall–Kier alpha value is -1.87. The van der Waals surface area contributed by atoms with E-state index in [-0.39, 0.29) is 5.82 Å². The van der Waals surface area contributed by atoms with Gasteiger partial charge in [-0.15, -0.1) is 0 Å². The van der Waals surface area contributed by atoms with Crippen LogP contribution in [0.3, 0.4) is 0 Å². The third-order valence-corrected chi connectivity index (χ3v) is 3.52. The fourth-order valence-corrected chi connectivity index (χ4v) is 2.34. The molecule has 0 saturated heterocycles. The topological polar surface area (TPSA) is 29.5 Å². The van der Waals surface area contributed by atoms with Crippen LogP contribution in [0.4, 0.5) is 4.39 Å². The molecular formula is C17H19FO2. The fraction of sp³-hybridized carbons (Fsp3) is 0.294. The first-order valence-corrected chi connectivity index (χ1v) is 6.53. The van der Waals surface area contributed by atoms with Crippen molar-refractivity contribution in [2.45, 2.75) is 26.9 Å². The first-order valence-electron chi connectivity index (χ1n) is 6.53. The molecule has 1 N–H and O–H groups in total. The number of benzene rings is 2. The number of halogens is 1. The first-order chi connectivity index (χ1) is 9.43. The van der Waals surface area contributed by atoms with Crippen LogP contribution in [-0.4, -0.2) is 12.2 Å². The molecule has 0 saturated carbocycles. The molecule has 1 unspecified atom stereocenters. The second-order valence-electron chi connectivity index (χ2n) is 5.10. The maximum Gasteiger partial charge on any atom is 0.129 e. The summed E-state index contributed by atoms with van der Waals surface area (Å²) in [6, 6.07) is 8.93. The lowest BCUT2D eigenvalue weighted by molar-refractivity contribution is 0.219. The zero-order chi connectivity index (χ0) is 14.9. The Morgan fingerprint density at radius 1 is 0.950 bits per heavy atom. The Morgan fingerprint density at radius 2 is 1.55 bits per heavy atom. The minimum atomic E-state index is -0.789. The summed E-state index contributed by atoms with van der Waals surface area (Å²) in [5.41, 5.74) is 3.51. The van der Waals surface area contributed by atoms with E-state index in [2.05, 4.69) is 0 Å². The molecule has 3 heteroatoms. The Kier molecular flexibility index (Phi) is 4.09. The van der Waals surface area contributed by atoms with Gasteiger partial charge in [0.15, 0.2) is 0 Å². The number of hydrogen-bond donors (Lipinski definition) is 1. The Morgan fingerprint density at radius 3 is 2.10 bits per heavy atom. The fourth-order valence-electron chi connectivity index (χ4n) is 2.34. The predicted molar refractivity (Wildman–Crippen MR) is 77.7 cm³/mol. The van der Waals surface area contributed by atoms with Gasteiger partial charge in [-0.25, -0.2) is 4.39 Å². The number of aryl methyl sites for hydroxylation is 3. The summed E-state index contributed by atoms with van der Waals surface area (Å²) in [7, 11) is 1.60. The van der Waals surface area contributed by atoms with Crippen molar-refractivity contribution in [2.24, 2.45) is 0 Å². The van der Waals surface area contributed by atoms with E-state index in [0.29, 0.717) is 16.7 Å². The highest BCUT2D eigenvalue weighted by Crippen LogP contribution is 2.29. The highest BCUT2D eigenvalue weighted by atomic mass is 19.1. The molecule has 0 radical (unpaired) electrons. The highest BCUT2D eigenvalue weighted by molar-refractivity contribution is 5.42. The lowest BCUT2D eigenvalue weighted by atomic mass is 9.96. The standard InChI is InChI=1S/C17H19FO2/c1-10-5-6-13(9-15(10)20-4)17(19)14-7-11(2)16(18)12(3)8-14/h5-9,17,19H,1-4H3. The van der Waals surface area contributed by atoms with Gasteiger partial charge in [0, 0.05) is 0 Å². The van der Waals surface area contributed by atoms with Crippen LogP contribution >= 0.6 is 0 Å². The van der Waals surface area contributed by atoms with Gasteiger partial charge in [-0.1, -0.05) is 24.3 Å². The molecule has 0 heterocycles. The van der Waals surface area contributed by atoms with Gasteiger partial charge in [-0.05, 0) is 54.7 Å². The average Bonchev–Trinajstić information content (AvgIpc) is 2.44. The van der Waals surface area contributed by atoms with Crippen molar-refractivity contribution in [2.75, 3.05) is 7.11 Å². The van der Waals surface area contributed by atoms with E-state index in [1.54, 1.807) is 33.1 Å². The maximum atomic E-state index is 13.6. The maximum absolute atomic E-state index is 13.6. The van der Waals surface area contributed by atoms with E-state index >= 15 is 0 Å². The zero-order valence-electron chi connectivity index (χ0n) is 12.2. The molecule has 0 fully saturated rings. The molecule has 20 heavy (non-hydrogen) atoms. The predicted octanol–water partition coefficient (Wildman–Crippen LogP) is 3.84. The monoisotopic (exact) mass is 274 g/mol. The van der Waals surface area contributed by atoms with Crippen molar-refractivity contribution >= 4 is 0 Å². The van der Waals surface area contributed by atoms with Crippen LogP contribution in [0.5, 0.6) is 5.75 Å². The Balaban J connectivity index is 2.43. The summed E-state index contributed by atoms with van der Waals surface area (Å²) in [6.07, 6.45) is -0.789. The summed E-state index contributed by atoms with van der Waals surface area (Å²) >= 11 is 0. The van der Waals surface area contributed by atoms with Gasteiger partial charge in [0.2, 0.25) is 0 Å². The second-order valence-corrected chi connectivity index (χ2v) is 5.10. The van der Waals surface area contributed by atoms with Crippen molar-refractivity contribution in [3.63, 3.8) is 0 Å². The van der Waals surface area contributed by atoms with E-state index in [9.17, 15) is 9.50 Å². The number of ether oxygens (including phenoxy) is 1. The summed E-state index contributed by atoms with van der Waals surface area (Å²) in [5.74, 6) is 0.513. The third kappa shape index (κ3) is 2.68. The minimum Gasteiger partial charge on any atom is -0.496 e. The molecule has 0 bridgehead atoms. The Labute approximate surface area is 118 Å². The van der Waals surface area contributed by atoms with Crippen LogP contribution < -0.4 is 4.74 Å². The zero-order valence-corrected chi connectivity index (χ0v) is 12.2. The molecular weight excluding hydrogens is 255 g/mol. The first kappa shape index (κ1) is 14.5. The summed E-state index contributed by atoms with van der Waals surface area (Å²) in [4.78, 5) is 0. The lowest BCUT2D eigenvalue weighted by Crippen LogP contribution is -2.03. The second kappa shape index (κ2) is 5.63. The van der Waals surface area contributed by atoms with Gasteiger partial charge >= 0.3 is 0 Å². The van der Waals surface area contributed by atoms with Crippen molar-refractivity contribution in [3.05, 3.63) is 64.0 Å². The van der Waals surface area contributed by atoms with Crippen LogP contribution in [0.25, 0.3) is 0 Å². The molecule has 2 nitrogen and oxygen atoms in total. The quantitative estimate of drug-likeness (QED) is 0.921. The van der Waals surface area contributed by atoms with Crippen LogP contribution in [0, 0.1) is 26.6 Å². The number of hydrogen-bond acceptors (Lipinski definition) is 2. The summed E-state index contributed by atoms with van der Waals surface area (Å²) in [5, 5.41) is 10.5. The van der Waals surface area contributed by atoms with E-state index in [1.807, 2.05) is 25.1 Å². The molecule has 1 atom stereocenters. The molecule has 2 rings (SSSR count). The highest BCUT2D eigenvalue weighted by Gasteiger charge is 2.15. The van der Waals surface area contributed by atoms with E-state index in [1.165, 1.54) is 0 Å². The number of methoxy groups -OCH3 is 1. The molecule has 0 aliphatic carbocycles. The van der Waals surface area contributed by atoms with Crippen LogP contribution in [0.15, 0.2) is 30.3 Å². The number of rotatable bonds is 3. The van der Waals surface area contributed by atoms with Crippen molar-refractivity contribution in [1.82, 2.24) is 0 Å². The van der Waals surface area contributed by atoms with Crippen molar-refractivity contribution in [3.8, 4) is 5.75 Å². The number of aliphatic hydroxyl groups excluding tert-OH is 1. The SMILES string of the molecule is COc1cc(C(O)c2cc(C)c(F)c(C)c2)ccc1C. The smallest absolute Gasteiger partial charge is 0.129 e. The van der Waals surface area contributed by atoms with E-state index in [0.717, 1.165) is 16.9 Å². The molecule has 0 aliphatic rings. The third-order valence-electron chi connectivity index (χ3n) is 3.52. The van der Waals surface area contributed by atoms with E-state index in [4.69, 9.17) is 4.74 Å². The largest absolute Gasteiger partial charge is 0.496 e. The van der Waals surface area contributed by atoms with Gasteiger partial charge in [-0.2, -0.15) is 0 Å². The lowest BCUT2D eigenvalue weighted by Gasteiger charge is -2.15. The molecule has 0 aliphatic heterocycles. The summed E-state index contributed by atoms with van der Waals surface area (Å²) < 4.78 is 18.9. The normalized spacial score (nSPS) is 12.3.